The molecule has 0 bridgehead atoms. The molecular weight excluding hydrogens is 170 g/mol. The highest BCUT2D eigenvalue weighted by atomic mass is 14.8. The molecular formula is C13H25N. The Balaban J connectivity index is 2.00. The lowest BCUT2D eigenvalue weighted by atomic mass is 9.72. The van der Waals surface area contributed by atoms with Crippen molar-refractivity contribution >= 4 is 0 Å². The fourth-order valence-electron chi connectivity index (χ4n) is 3.55. The molecule has 2 saturated carbocycles. The van der Waals surface area contributed by atoms with Gasteiger partial charge in [0.15, 0.2) is 0 Å². The van der Waals surface area contributed by atoms with Crippen LogP contribution in [0.1, 0.15) is 65.2 Å². The van der Waals surface area contributed by atoms with Crippen molar-refractivity contribution < 1.29 is 0 Å². The summed E-state index contributed by atoms with van der Waals surface area (Å²) in [6.07, 6.45) is 10.8. The van der Waals surface area contributed by atoms with Gasteiger partial charge in [0.05, 0.1) is 0 Å². The Morgan fingerprint density at radius 3 is 2.14 bits per heavy atom. The molecule has 14 heavy (non-hydrogen) atoms. The average Bonchev–Trinajstić information content (AvgIpc) is 2.48. The van der Waals surface area contributed by atoms with Crippen molar-refractivity contribution in [3.8, 4) is 0 Å². The maximum absolute atomic E-state index is 6.59. The van der Waals surface area contributed by atoms with E-state index in [2.05, 4.69) is 13.8 Å². The lowest BCUT2D eigenvalue weighted by Gasteiger charge is -2.39. The van der Waals surface area contributed by atoms with Crippen LogP contribution in [-0.4, -0.2) is 5.54 Å². The molecule has 0 spiro atoms. The predicted molar refractivity (Wildman–Crippen MR) is 61.1 cm³/mol. The number of rotatable bonds is 1. The van der Waals surface area contributed by atoms with Crippen LogP contribution >= 0.6 is 0 Å². The van der Waals surface area contributed by atoms with Crippen molar-refractivity contribution in [1.29, 1.82) is 0 Å². The third-order valence-corrected chi connectivity index (χ3v) is 4.57. The lowest BCUT2D eigenvalue weighted by molar-refractivity contribution is 0.186. The molecule has 0 saturated heterocycles. The van der Waals surface area contributed by atoms with Crippen molar-refractivity contribution in [3.05, 3.63) is 0 Å². The van der Waals surface area contributed by atoms with Crippen LogP contribution < -0.4 is 5.73 Å². The summed E-state index contributed by atoms with van der Waals surface area (Å²) in [6.45, 7) is 4.80. The van der Waals surface area contributed by atoms with E-state index in [-0.39, 0.29) is 5.54 Å². The smallest absolute Gasteiger partial charge is 0.0183 e. The van der Waals surface area contributed by atoms with Gasteiger partial charge < -0.3 is 5.73 Å². The van der Waals surface area contributed by atoms with Crippen molar-refractivity contribution in [2.24, 2.45) is 17.1 Å². The Morgan fingerprint density at radius 2 is 1.64 bits per heavy atom. The molecule has 0 aliphatic heterocycles. The van der Waals surface area contributed by atoms with E-state index in [1.54, 1.807) is 0 Å². The highest BCUT2D eigenvalue weighted by Gasteiger charge is 2.42. The van der Waals surface area contributed by atoms with E-state index in [0.717, 1.165) is 5.92 Å². The Hall–Kier alpha value is -0.0400. The molecule has 1 nitrogen and oxygen atoms in total. The molecule has 0 aromatic carbocycles. The summed E-state index contributed by atoms with van der Waals surface area (Å²) >= 11 is 0. The minimum Gasteiger partial charge on any atom is -0.325 e. The van der Waals surface area contributed by atoms with Gasteiger partial charge in [0.2, 0.25) is 0 Å². The zero-order chi connectivity index (χ0) is 10.2. The van der Waals surface area contributed by atoms with Gasteiger partial charge in [0, 0.05) is 5.54 Å². The molecule has 2 rings (SSSR count). The minimum atomic E-state index is 0.214. The van der Waals surface area contributed by atoms with Gasteiger partial charge >= 0.3 is 0 Å². The molecule has 2 N–H and O–H groups in total. The number of hydrogen-bond acceptors (Lipinski definition) is 1. The van der Waals surface area contributed by atoms with Crippen LogP contribution in [0.2, 0.25) is 0 Å². The van der Waals surface area contributed by atoms with Crippen molar-refractivity contribution in [3.63, 3.8) is 0 Å². The topological polar surface area (TPSA) is 26.0 Å². The first-order chi connectivity index (χ1) is 6.52. The van der Waals surface area contributed by atoms with Gasteiger partial charge in [0.25, 0.3) is 0 Å². The first kappa shape index (κ1) is 10.5. The SMILES string of the molecule is CC1(C)CCC(C2(N)CCCCC2)C1. The molecule has 1 unspecified atom stereocenters. The maximum Gasteiger partial charge on any atom is 0.0183 e. The normalized spacial score (nSPS) is 35.8. The summed E-state index contributed by atoms with van der Waals surface area (Å²) in [7, 11) is 0. The quantitative estimate of drug-likeness (QED) is 0.681. The van der Waals surface area contributed by atoms with E-state index in [1.165, 1.54) is 51.4 Å². The zero-order valence-corrected chi connectivity index (χ0v) is 9.81. The predicted octanol–water partition coefficient (Wildman–Crippen LogP) is 3.47. The maximum atomic E-state index is 6.59. The molecule has 0 amide bonds. The first-order valence-corrected chi connectivity index (χ1v) is 6.31. The third-order valence-electron chi connectivity index (χ3n) is 4.57. The monoisotopic (exact) mass is 195 g/mol. The highest BCUT2D eigenvalue weighted by molar-refractivity contribution is 4.99. The first-order valence-electron chi connectivity index (χ1n) is 6.31. The zero-order valence-electron chi connectivity index (χ0n) is 9.81. The molecule has 2 aliphatic rings. The van der Waals surface area contributed by atoms with Crippen LogP contribution in [0, 0.1) is 11.3 Å². The molecule has 0 heterocycles. The average molecular weight is 195 g/mol. The third kappa shape index (κ3) is 1.98. The summed E-state index contributed by atoms with van der Waals surface area (Å²) < 4.78 is 0. The fourth-order valence-corrected chi connectivity index (χ4v) is 3.55. The second-order valence-electron chi connectivity index (χ2n) is 6.40. The molecule has 1 atom stereocenters. The van der Waals surface area contributed by atoms with Gasteiger partial charge in [-0.05, 0) is 43.4 Å². The molecule has 1 heteroatoms. The van der Waals surface area contributed by atoms with E-state index in [1.807, 2.05) is 0 Å². The van der Waals surface area contributed by atoms with E-state index in [9.17, 15) is 0 Å². The lowest BCUT2D eigenvalue weighted by Crippen LogP contribution is -2.48. The molecule has 0 aromatic heterocycles. The van der Waals surface area contributed by atoms with Crippen molar-refractivity contribution in [2.75, 3.05) is 0 Å². The highest BCUT2D eigenvalue weighted by Crippen LogP contribution is 2.48. The minimum absolute atomic E-state index is 0.214. The molecule has 82 valence electrons. The summed E-state index contributed by atoms with van der Waals surface area (Å²) in [4.78, 5) is 0. The number of nitrogens with two attached hydrogens (primary N) is 1. The number of hydrogen-bond donors (Lipinski definition) is 1. The van der Waals surface area contributed by atoms with Crippen LogP contribution in [0.3, 0.4) is 0 Å². The standard InChI is InChI=1S/C13H25N/c1-12(2)9-6-11(10-12)13(14)7-4-3-5-8-13/h11H,3-10,14H2,1-2H3. The second-order valence-corrected chi connectivity index (χ2v) is 6.40. The summed E-state index contributed by atoms with van der Waals surface area (Å²) in [5.41, 5.74) is 7.36. The fraction of sp³-hybridized carbons (Fsp3) is 1.00. The van der Waals surface area contributed by atoms with E-state index in [0.29, 0.717) is 5.41 Å². The van der Waals surface area contributed by atoms with Gasteiger partial charge in [-0.2, -0.15) is 0 Å². The second kappa shape index (κ2) is 3.52. The molecule has 0 radical (unpaired) electrons. The van der Waals surface area contributed by atoms with Crippen LogP contribution in [0.4, 0.5) is 0 Å². The summed E-state index contributed by atoms with van der Waals surface area (Å²) in [6, 6.07) is 0. The summed E-state index contributed by atoms with van der Waals surface area (Å²) in [5, 5.41) is 0. The molecule has 2 fully saturated rings. The molecule has 2 aliphatic carbocycles. The van der Waals surface area contributed by atoms with Crippen molar-refractivity contribution in [2.45, 2.75) is 70.8 Å². The molecule has 0 aromatic rings. The largest absolute Gasteiger partial charge is 0.325 e. The van der Waals surface area contributed by atoms with E-state index in [4.69, 9.17) is 5.73 Å². The van der Waals surface area contributed by atoms with Crippen LogP contribution in [0.25, 0.3) is 0 Å². The van der Waals surface area contributed by atoms with Crippen LogP contribution in [0.5, 0.6) is 0 Å². The van der Waals surface area contributed by atoms with E-state index >= 15 is 0 Å². The Morgan fingerprint density at radius 1 is 1.00 bits per heavy atom. The Kier molecular flexibility index (Phi) is 2.63. The summed E-state index contributed by atoms with van der Waals surface area (Å²) in [5.74, 6) is 0.817. The van der Waals surface area contributed by atoms with Gasteiger partial charge in [0.1, 0.15) is 0 Å². The Labute approximate surface area is 88.4 Å². The van der Waals surface area contributed by atoms with Crippen molar-refractivity contribution in [1.82, 2.24) is 0 Å². The van der Waals surface area contributed by atoms with Gasteiger partial charge in [-0.25, -0.2) is 0 Å². The Bertz CT molecular complexity index is 201. The van der Waals surface area contributed by atoms with Gasteiger partial charge in [-0.1, -0.05) is 33.1 Å². The van der Waals surface area contributed by atoms with Gasteiger partial charge in [-0.15, -0.1) is 0 Å². The van der Waals surface area contributed by atoms with Crippen LogP contribution in [0.15, 0.2) is 0 Å². The van der Waals surface area contributed by atoms with Crippen LogP contribution in [-0.2, 0) is 0 Å². The van der Waals surface area contributed by atoms with Gasteiger partial charge in [-0.3, -0.25) is 0 Å². The van der Waals surface area contributed by atoms with E-state index < -0.39 is 0 Å².